The second kappa shape index (κ2) is 7.79. The van der Waals surface area contributed by atoms with E-state index in [1.807, 2.05) is 38.1 Å². The van der Waals surface area contributed by atoms with Gasteiger partial charge in [-0.2, -0.15) is 0 Å². The lowest BCUT2D eigenvalue weighted by atomic mass is 9.84. The van der Waals surface area contributed by atoms with E-state index in [0.717, 1.165) is 46.2 Å². The zero-order chi connectivity index (χ0) is 20.7. The summed E-state index contributed by atoms with van der Waals surface area (Å²) in [5, 5.41) is 11.1. The number of carbonyl (C=O) groups is 1. The monoisotopic (exact) mass is 409 g/mol. The maximum absolute atomic E-state index is 13.5. The third-order valence-electron chi connectivity index (χ3n) is 6.08. The van der Waals surface area contributed by atoms with E-state index < -0.39 is 11.9 Å². The van der Waals surface area contributed by atoms with Gasteiger partial charge in [-0.15, -0.1) is 11.3 Å². The molecule has 1 N–H and O–H groups in total. The minimum absolute atomic E-state index is 0.174. The molecule has 0 aliphatic heterocycles. The minimum Gasteiger partial charge on any atom is -0.481 e. The molecule has 1 aliphatic rings. The number of hydrogen-bond donors (Lipinski definition) is 1. The fraction of sp³-hybridized carbons (Fsp3) is 0.417. The molecule has 0 saturated heterocycles. The summed E-state index contributed by atoms with van der Waals surface area (Å²) in [6, 6.07) is 8.14. The Balaban J connectivity index is 2.17. The number of pyridine rings is 1. The first-order valence-electron chi connectivity index (χ1n) is 10.4. The van der Waals surface area contributed by atoms with Crippen LogP contribution in [-0.2, 0) is 24.7 Å². The van der Waals surface area contributed by atoms with E-state index in [0.29, 0.717) is 18.4 Å². The standard InChI is InChI=1S/C24H27NO3S/c1-4-7-17(24(27)28)20-19(15-12-10-14(2)11-13-15)21-16-8-5-6-9-18(16)29-23(21)25(3)22(20)26/h10-13,17H,4-9H2,1-3H3,(H,27,28). The van der Waals surface area contributed by atoms with Gasteiger partial charge < -0.3 is 9.67 Å². The van der Waals surface area contributed by atoms with Crippen LogP contribution in [0.5, 0.6) is 0 Å². The Hall–Kier alpha value is -2.40. The molecule has 1 unspecified atom stereocenters. The normalized spacial score (nSPS) is 14.7. The van der Waals surface area contributed by atoms with E-state index >= 15 is 0 Å². The molecule has 1 aliphatic carbocycles. The van der Waals surface area contributed by atoms with Crippen LogP contribution >= 0.6 is 11.3 Å². The van der Waals surface area contributed by atoms with Crippen LogP contribution in [0.15, 0.2) is 29.1 Å². The fourth-order valence-electron chi connectivity index (χ4n) is 4.58. The largest absolute Gasteiger partial charge is 0.481 e. The van der Waals surface area contributed by atoms with E-state index in [2.05, 4.69) is 0 Å². The van der Waals surface area contributed by atoms with Gasteiger partial charge in [0.1, 0.15) is 4.83 Å². The molecule has 2 aromatic heterocycles. The number of hydrogen-bond acceptors (Lipinski definition) is 3. The molecular weight excluding hydrogens is 382 g/mol. The SMILES string of the molecule is CCCC(C(=O)O)c1c(-c2ccc(C)cc2)c2c3c(sc2n(C)c1=O)CCCC3. The van der Waals surface area contributed by atoms with Crippen molar-refractivity contribution in [2.75, 3.05) is 0 Å². The third-order valence-corrected chi connectivity index (χ3v) is 7.44. The average molecular weight is 410 g/mol. The number of thiophene rings is 1. The lowest BCUT2D eigenvalue weighted by molar-refractivity contribution is -0.139. The van der Waals surface area contributed by atoms with E-state index in [4.69, 9.17) is 0 Å². The van der Waals surface area contributed by atoms with Crippen LogP contribution in [-0.4, -0.2) is 15.6 Å². The first-order valence-corrected chi connectivity index (χ1v) is 11.2. The lowest BCUT2D eigenvalue weighted by Gasteiger charge is -2.20. The Morgan fingerprint density at radius 1 is 1.21 bits per heavy atom. The van der Waals surface area contributed by atoms with Gasteiger partial charge in [-0.3, -0.25) is 9.59 Å². The Kier molecular flexibility index (Phi) is 5.34. The lowest BCUT2D eigenvalue weighted by Crippen LogP contribution is -2.28. The number of nitrogens with zero attached hydrogens (tertiary/aromatic N) is 1. The summed E-state index contributed by atoms with van der Waals surface area (Å²) < 4.78 is 1.69. The number of benzene rings is 1. The molecule has 1 aromatic carbocycles. The zero-order valence-electron chi connectivity index (χ0n) is 17.2. The van der Waals surface area contributed by atoms with E-state index in [1.54, 1.807) is 23.0 Å². The molecule has 3 aromatic rings. The molecule has 152 valence electrons. The summed E-state index contributed by atoms with van der Waals surface area (Å²) >= 11 is 1.71. The average Bonchev–Trinajstić information content (AvgIpc) is 3.09. The number of aryl methyl sites for hydroxylation is 4. The van der Waals surface area contributed by atoms with Gasteiger partial charge in [0.15, 0.2) is 0 Å². The maximum atomic E-state index is 13.5. The number of aliphatic carboxylic acids is 1. The summed E-state index contributed by atoms with van der Waals surface area (Å²) in [7, 11) is 1.79. The molecule has 4 rings (SSSR count). The minimum atomic E-state index is -0.916. The maximum Gasteiger partial charge on any atom is 0.311 e. The molecule has 0 fully saturated rings. The van der Waals surface area contributed by atoms with Gasteiger partial charge in [0.2, 0.25) is 0 Å². The third kappa shape index (κ3) is 3.31. The van der Waals surface area contributed by atoms with Gasteiger partial charge in [0, 0.05) is 28.4 Å². The smallest absolute Gasteiger partial charge is 0.311 e. The van der Waals surface area contributed by atoms with Gasteiger partial charge in [-0.1, -0.05) is 43.2 Å². The van der Waals surface area contributed by atoms with E-state index in [1.165, 1.54) is 16.9 Å². The van der Waals surface area contributed by atoms with Gasteiger partial charge in [0.25, 0.3) is 5.56 Å². The van der Waals surface area contributed by atoms with Crippen molar-refractivity contribution < 1.29 is 9.90 Å². The molecule has 1 atom stereocenters. The Morgan fingerprint density at radius 2 is 1.90 bits per heavy atom. The van der Waals surface area contributed by atoms with Crippen molar-refractivity contribution in [2.24, 2.45) is 7.05 Å². The second-order valence-electron chi connectivity index (χ2n) is 8.09. The molecule has 0 bridgehead atoms. The van der Waals surface area contributed by atoms with Crippen molar-refractivity contribution in [2.45, 2.75) is 58.3 Å². The van der Waals surface area contributed by atoms with Crippen LogP contribution in [0.3, 0.4) is 0 Å². The molecule has 5 heteroatoms. The van der Waals surface area contributed by atoms with Crippen LogP contribution in [0.25, 0.3) is 21.3 Å². The van der Waals surface area contributed by atoms with Crippen LogP contribution in [0.2, 0.25) is 0 Å². The highest BCUT2D eigenvalue weighted by molar-refractivity contribution is 7.19. The number of fused-ring (bicyclic) bond motifs is 3. The van der Waals surface area contributed by atoms with Crippen LogP contribution < -0.4 is 5.56 Å². The molecule has 0 amide bonds. The van der Waals surface area contributed by atoms with E-state index in [-0.39, 0.29) is 5.56 Å². The first kappa shape index (κ1) is 19.9. The molecular formula is C24H27NO3S. The van der Waals surface area contributed by atoms with Crippen molar-refractivity contribution >= 4 is 27.5 Å². The number of aromatic nitrogens is 1. The molecule has 29 heavy (non-hydrogen) atoms. The highest BCUT2D eigenvalue weighted by atomic mass is 32.1. The molecule has 2 heterocycles. The van der Waals surface area contributed by atoms with Crippen molar-refractivity contribution in [3.63, 3.8) is 0 Å². The highest BCUT2D eigenvalue weighted by Gasteiger charge is 2.31. The highest BCUT2D eigenvalue weighted by Crippen LogP contribution is 2.43. The Morgan fingerprint density at radius 3 is 2.55 bits per heavy atom. The molecule has 0 radical (unpaired) electrons. The van der Waals surface area contributed by atoms with Crippen molar-refractivity contribution in [3.05, 3.63) is 56.2 Å². The predicted octanol–water partition coefficient (Wildman–Crippen LogP) is 5.42. The molecule has 0 spiro atoms. The number of carboxylic acid groups (broad SMARTS) is 1. The predicted molar refractivity (Wildman–Crippen MR) is 119 cm³/mol. The first-order chi connectivity index (χ1) is 13.9. The van der Waals surface area contributed by atoms with Crippen LogP contribution in [0.4, 0.5) is 0 Å². The topological polar surface area (TPSA) is 59.3 Å². The fourth-order valence-corrected chi connectivity index (χ4v) is 5.94. The van der Waals surface area contributed by atoms with Crippen molar-refractivity contribution in [1.82, 2.24) is 4.57 Å². The Bertz CT molecular complexity index is 1140. The zero-order valence-corrected chi connectivity index (χ0v) is 18.1. The van der Waals surface area contributed by atoms with Gasteiger partial charge in [-0.25, -0.2) is 0 Å². The van der Waals surface area contributed by atoms with E-state index in [9.17, 15) is 14.7 Å². The summed E-state index contributed by atoms with van der Waals surface area (Å²) in [5.41, 5.74) is 4.54. The summed E-state index contributed by atoms with van der Waals surface area (Å²) in [6.07, 6.45) is 5.53. The van der Waals surface area contributed by atoms with Gasteiger partial charge in [0.05, 0.1) is 5.92 Å². The van der Waals surface area contributed by atoms with Gasteiger partial charge in [-0.05, 0) is 50.2 Å². The Labute approximate surface area is 174 Å². The van der Waals surface area contributed by atoms with Crippen molar-refractivity contribution in [3.8, 4) is 11.1 Å². The number of rotatable bonds is 5. The summed E-state index contributed by atoms with van der Waals surface area (Å²) in [5.74, 6) is -1.71. The number of carboxylic acids is 1. The van der Waals surface area contributed by atoms with Crippen molar-refractivity contribution in [1.29, 1.82) is 0 Å². The van der Waals surface area contributed by atoms with Gasteiger partial charge >= 0.3 is 5.97 Å². The van der Waals surface area contributed by atoms with Crippen LogP contribution in [0.1, 0.15) is 60.1 Å². The summed E-state index contributed by atoms with van der Waals surface area (Å²) in [6.45, 7) is 4.00. The molecule has 0 saturated carbocycles. The quantitative estimate of drug-likeness (QED) is 0.612. The van der Waals surface area contributed by atoms with Crippen LogP contribution in [0, 0.1) is 6.92 Å². The summed E-state index contributed by atoms with van der Waals surface area (Å²) in [4.78, 5) is 28.0. The molecule has 4 nitrogen and oxygen atoms in total. The second-order valence-corrected chi connectivity index (χ2v) is 9.17.